The van der Waals surface area contributed by atoms with Crippen LogP contribution in [-0.4, -0.2) is 17.7 Å². The van der Waals surface area contributed by atoms with Crippen LogP contribution in [0.3, 0.4) is 0 Å². The smallest absolute Gasteiger partial charge is 0.338 e. The van der Waals surface area contributed by atoms with Crippen molar-refractivity contribution in [3.05, 3.63) is 89.8 Å². The van der Waals surface area contributed by atoms with Crippen molar-refractivity contribution in [3.8, 4) is 17.1 Å². The number of nitrogens with zero attached hydrogens (tertiary/aromatic N) is 1. The van der Waals surface area contributed by atoms with Gasteiger partial charge in [-0.1, -0.05) is 36.4 Å². The third-order valence-electron chi connectivity index (χ3n) is 4.39. The van der Waals surface area contributed by atoms with Crippen molar-refractivity contribution in [3.63, 3.8) is 0 Å². The predicted octanol–water partition coefficient (Wildman–Crippen LogP) is 5.21. The first-order chi connectivity index (χ1) is 14.1. The summed E-state index contributed by atoms with van der Waals surface area (Å²) in [4.78, 5) is 16.8. The van der Waals surface area contributed by atoms with Crippen molar-refractivity contribution >= 4 is 22.6 Å². The van der Waals surface area contributed by atoms with E-state index in [9.17, 15) is 9.90 Å². The van der Waals surface area contributed by atoms with Crippen LogP contribution in [0.1, 0.15) is 17.3 Å². The van der Waals surface area contributed by atoms with Gasteiger partial charge in [0.2, 0.25) is 0 Å². The molecule has 0 radical (unpaired) electrons. The first-order valence-corrected chi connectivity index (χ1v) is 9.28. The quantitative estimate of drug-likeness (QED) is 0.489. The Morgan fingerprint density at radius 2 is 1.83 bits per heavy atom. The average Bonchev–Trinajstić information content (AvgIpc) is 2.75. The molecule has 1 heterocycles. The molecule has 144 valence electrons. The number of phenolic OH excluding ortho intramolecular Hbond substituents is 1. The maximum Gasteiger partial charge on any atom is 0.338 e. The monoisotopic (exact) mass is 385 g/mol. The number of carbonyl (C=O) groups excluding carboxylic acids is 1. The Labute approximate surface area is 167 Å². The summed E-state index contributed by atoms with van der Waals surface area (Å²) >= 11 is 0. The van der Waals surface area contributed by atoms with Gasteiger partial charge in [-0.3, -0.25) is 0 Å². The molecule has 0 aliphatic rings. The van der Waals surface area contributed by atoms with E-state index in [4.69, 9.17) is 14.1 Å². The fourth-order valence-electron chi connectivity index (χ4n) is 3.05. The Hall–Kier alpha value is -3.86. The number of aromatic hydroxyl groups is 1. The Kier molecular flexibility index (Phi) is 5.12. The van der Waals surface area contributed by atoms with E-state index < -0.39 is 0 Å². The number of phenols is 1. The number of fused-ring (bicyclic) bond motifs is 1. The normalized spacial score (nSPS) is 11.6. The molecule has 0 fully saturated rings. The minimum atomic E-state index is -0.389. The highest BCUT2D eigenvalue weighted by atomic mass is 16.5. The van der Waals surface area contributed by atoms with E-state index in [1.807, 2.05) is 42.5 Å². The van der Waals surface area contributed by atoms with Crippen LogP contribution >= 0.6 is 0 Å². The summed E-state index contributed by atoms with van der Waals surface area (Å²) in [6, 6.07) is 23.4. The molecule has 0 unspecified atom stereocenters. The third-order valence-corrected chi connectivity index (χ3v) is 4.39. The Bertz CT molecular complexity index is 1240. The summed E-state index contributed by atoms with van der Waals surface area (Å²) in [5.74, 6) is 0.390. The minimum Gasteiger partial charge on any atom is -0.508 e. The molecule has 1 aromatic heterocycles. The summed E-state index contributed by atoms with van der Waals surface area (Å²) in [6.07, 6.45) is 0. The third kappa shape index (κ3) is 4.04. The number of hydrogen-bond acceptors (Lipinski definition) is 5. The lowest BCUT2D eigenvalue weighted by Gasteiger charge is -2.06. The zero-order valence-electron chi connectivity index (χ0n) is 15.8. The van der Waals surface area contributed by atoms with E-state index in [1.165, 1.54) is 0 Å². The molecule has 0 saturated heterocycles. The second-order valence-corrected chi connectivity index (χ2v) is 6.42. The number of esters is 1. The van der Waals surface area contributed by atoms with Gasteiger partial charge < -0.3 is 14.3 Å². The summed E-state index contributed by atoms with van der Waals surface area (Å²) in [7, 11) is 0. The van der Waals surface area contributed by atoms with E-state index in [1.54, 1.807) is 43.3 Å². The van der Waals surface area contributed by atoms with Gasteiger partial charge in [0, 0.05) is 17.0 Å². The second-order valence-electron chi connectivity index (χ2n) is 6.42. The van der Waals surface area contributed by atoms with Crippen molar-refractivity contribution in [1.29, 1.82) is 0 Å². The molecule has 0 atom stereocenters. The highest BCUT2D eigenvalue weighted by Crippen LogP contribution is 2.25. The Balaban J connectivity index is 1.91. The minimum absolute atomic E-state index is 0.122. The molecule has 1 N–H and O–H groups in total. The molecule has 0 spiro atoms. The summed E-state index contributed by atoms with van der Waals surface area (Å²) in [5, 5.41) is 11.2. The van der Waals surface area contributed by atoms with Crippen LogP contribution in [0.4, 0.5) is 5.69 Å². The molecular formula is C24H19NO4. The number of benzene rings is 3. The SMILES string of the molecule is CCOC(=O)c1cccc(N=c2cc(-c3ccccc3)oc3ccc(O)cc23)c1. The van der Waals surface area contributed by atoms with Gasteiger partial charge in [-0.25, -0.2) is 9.79 Å². The van der Waals surface area contributed by atoms with Crippen LogP contribution in [-0.2, 0) is 4.74 Å². The van der Waals surface area contributed by atoms with Gasteiger partial charge in [0.25, 0.3) is 0 Å². The molecule has 29 heavy (non-hydrogen) atoms. The molecule has 0 saturated carbocycles. The van der Waals surface area contributed by atoms with Crippen molar-refractivity contribution in [2.45, 2.75) is 6.92 Å². The van der Waals surface area contributed by atoms with Crippen LogP contribution in [0.2, 0.25) is 0 Å². The van der Waals surface area contributed by atoms with Gasteiger partial charge in [0.05, 0.1) is 23.2 Å². The first kappa shape index (κ1) is 18.5. The lowest BCUT2D eigenvalue weighted by Crippen LogP contribution is -2.05. The zero-order valence-corrected chi connectivity index (χ0v) is 15.8. The predicted molar refractivity (Wildman–Crippen MR) is 111 cm³/mol. The van der Waals surface area contributed by atoms with Crippen LogP contribution in [0.15, 0.2) is 88.3 Å². The van der Waals surface area contributed by atoms with E-state index >= 15 is 0 Å². The molecule has 5 heteroatoms. The topological polar surface area (TPSA) is 72.0 Å². The standard InChI is InChI=1S/C24H19NO4/c1-2-28-24(27)17-9-6-10-18(13-17)25-21-15-23(16-7-4-3-5-8-16)29-22-12-11-19(26)14-20(21)22/h3-15,26H,2H2,1H3. The van der Waals surface area contributed by atoms with Gasteiger partial charge in [-0.05, 0) is 43.3 Å². The maximum absolute atomic E-state index is 12.0. The molecule has 5 nitrogen and oxygen atoms in total. The summed E-state index contributed by atoms with van der Waals surface area (Å²) in [5.41, 5.74) is 2.55. The maximum atomic E-state index is 12.0. The van der Waals surface area contributed by atoms with Crippen LogP contribution in [0.5, 0.6) is 5.75 Å². The number of rotatable bonds is 4. The van der Waals surface area contributed by atoms with E-state index in [-0.39, 0.29) is 11.7 Å². The lowest BCUT2D eigenvalue weighted by atomic mass is 10.1. The van der Waals surface area contributed by atoms with E-state index in [0.717, 1.165) is 5.56 Å². The molecule has 0 bridgehead atoms. The average molecular weight is 385 g/mol. The largest absolute Gasteiger partial charge is 0.508 e. The summed E-state index contributed by atoms with van der Waals surface area (Å²) < 4.78 is 11.1. The van der Waals surface area contributed by atoms with Gasteiger partial charge in [0.1, 0.15) is 17.1 Å². The van der Waals surface area contributed by atoms with Gasteiger partial charge in [0.15, 0.2) is 0 Å². The molecule has 4 aromatic rings. The highest BCUT2D eigenvalue weighted by molar-refractivity contribution is 5.90. The molecule has 0 aliphatic heterocycles. The van der Waals surface area contributed by atoms with Crippen molar-refractivity contribution in [1.82, 2.24) is 0 Å². The van der Waals surface area contributed by atoms with Crippen LogP contribution in [0, 0.1) is 0 Å². The van der Waals surface area contributed by atoms with Gasteiger partial charge in [-0.2, -0.15) is 0 Å². The zero-order chi connectivity index (χ0) is 20.2. The molecule has 0 aliphatic carbocycles. The number of ether oxygens (including phenoxy) is 1. The Morgan fingerprint density at radius 1 is 1.00 bits per heavy atom. The number of hydrogen-bond donors (Lipinski definition) is 1. The fourth-order valence-corrected chi connectivity index (χ4v) is 3.05. The van der Waals surface area contributed by atoms with Gasteiger partial charge >= 0.3 is 5.97 Å². The van der Waals surface area contributed by atoms with E-state index in [0.29, 0.717) is 39.9 Å². The van der Waals surface area contributed by atoms with Crippen molar-refractivity contribution in [2.75, 3.05) is 6.61 Å². The van der Waals surface area contributed by atoms with Crippen LogP contribution < -0.4 is 5.36 Å². The fraction of sp³-hybridized carbons (Fsp3) is 0.0833. The number of carbonyl (C=O) groups is 1. The van der Waals surface area contributed by atoms with Crippen molar-refractivity contribution < 1.29 is 19.1 Å². The second kappa shape index (κ2) is 8.02. The molecule has 4 rings (SSSR count). The van der Waals surface area contributed by atoms with Gasteiger partial charge in [-0.15, -0.1) is 0 Å². The summed E-state index contributed by atoms with van der Waals surface area (Å²) in [6.45, 7) is 2.08. The van der Waals surface area contributed by atoms with E-state index in [2.05, 4.69) is 0 Å². The Morgan fingerprint density at radius 3 is 2.62 bits per heavy atom. The lowest BCUT2D eigenvalue weighted by molar-refractivity contribution is 0.0526. The van der Waals surface area contributed by atoms with Crippen molar-refractivity contribution in [2.24, 2.45) is 4.99 Å². The van der Waals surface area contributed by atoms with Crippen LogP contribution in [0.25, 0.3) is 22.3 Å². The highest BCUT2D eigenvalue weighted by Gasteiger charge is 2.09. The molecule has 3 aromatic carbocycles. The first-order valence-electron chi connectivity index (χ1n) is 9.28. The molecular weight excluding hydrogens is 366 g/mol. The molecule has 0 amide bonds.